The van der Waals surface area contributed by atoms with Crippen LogP contribution in [0.25, 0.3) is 0 Å². The van der Waals surface area contributed by atoms with Gasteiger partial charge in [-0.2, -0.15) is 0 Å². The van der Waals surface area contributed by atoms with E-state index in [-0.39, 0.29) is 5.56 Å². The van der Waals surface area contributed by atoms with Crippen LogP contribution < -0.4 is 0 Å². The minimum atomic E-state index is -1.53. The van der Waals surface area contributed by atoms with Crippen molar-refractivity contribution in [2.45, 2.75) is 4.33 Å². The van der Waals surface area contributed by atoms with Gasteiger partial charge >= 0.3 is 0 Å². The van der Waals surface area contributed by atoms with Crippen LogP contribution in [0.2, 0.25) is 0 Å². The molecule has 0 atom stereocenters. The fraction of sp³-hybridized carbons (Fsp3) is 0.0769. The predicted molar refractivity (Wildman–Crippen MR) is 65.3 cm³/mol. The van der Waals surface area contributed by atoms with E-state index in [1.807, 2.05) is 0 Å². The largest absolute Gasteiger partial charge is 0.207 e. The van der Waals surface area contributed by atoms with Crippen molar-refractivity contribution < 1.29 is 8.78 Å². The Hall–Kier alpha value is -1.12. The predicted octanol–water partition coefficient (Wildman–Crippen LogP) is 4.64. The second kappa shape index (κ2) is 4.63. The van der Waals surface area contributed by atoms with E-state index in [4.69, 9.17) is 23.2 Å². The quantitative estimate of drug-likeness (QED) is 0.699. The highest BCUT2D eigenvalue weighted by molar-refractivity contribution is 6.50. The Morgan fingerprint density at radius 1 is 0.824 bits per heavy atom. The Balaban J connectivity index is 2.49. The third kappa shape index (κ3) is 2.43. The smallest absolute Gasteiger partial charge is 0.170 e. The third-order valence-corrected chi connectivity index (χ3v) is 3.26. The van der Waals surface area contributed by atoms with Crippen molar-refractivity contribution in [2.24, 2.45) is 0 Å². The van der Waals surface area contributed by atoms with E-state index in [1.165, 1.54) is 36.4 Å². The van der Waals surface area contributed by atoms with Gasteiger partial charge < -0.3 is 0 Å². The molecule has 0 aliphatic rings. The van der Waals surface area contributed by atoms with Gasteiger partial charge in [0.05, 0.1) is 0 Å². The summed E-state index contributed by atoms with van der Waals surface area (Å²) in [7, 11) is 0. The van der Waals surface area contributed by atoms with Gasteiger partial charge in [0.15, 0.2) is 4.33 Å². The molecule has 0 saturated heterocycles. The number of hydrogen-bond donors (Lipinski definition) is 0. The molecule has 2 aromatic rings. The van der Waals surface area contributed by atoms with Crippen LogP contribution in [-0.2, 0) is 4.33 Å². The van der Waals surface area contributed by atoms with Crippen molar-refractivity contribution in [1.82, 2.24) is 0 Å². The molecule has 0 unspecified atom stereocenters. The summed E-state index contributed by atoms with van der Waals surface area (Å²) in [5, 5.41) is 0. The van der Waals surface area contributed by atoms with Gasteiger partial charge in [0, 0.05) is 5.56 Å². The Kier molecular flexibility index (Phi) is 3.36. The average Bonchev–Trinajstić information content (AvgIpc) is 2.30. The zero-order chi connectivity index (χ0) is 12.5. The van der Waals surface area contributed by atoms with Crippen molar-refractivity contribution in [3.05, 3.63) is 71.3 Å². The molecule has 88 valence electrons. The van der Waals surface area contributed by atoms with E-state index in [2.05, 4.69) is 0 Å². The van der Waals surface area contributed by atoms with Crippen molar-refractivity contribution in [1.29, 1.82) is 0 Å². The van der Waals surface area contributed by atoms with Gasteiger partial charge in [0.1, 0.15) is 11.6 Å². The summed E-state index contributed by atoms with van der Waals surface area (Å²) >= 11 is 12.3. The fourth-order valence-electron chi connectivity index (χ4n) is 1.53. The molecule has 0 nitrogen and oxygen atoms in total. The lowest BCUT2D eigenvalue weighted by Crippen LogP contribution is -2.14. The topological polar surface area (TPSA) is 0 Å². The van der Waals surface area contributed by atoms with E-state index in [0.29, 0.717) is 5.56 Å². The number of hydrogen-bond acceptors (Lipinski definition) is 0. The monoisotopic (exact) mass is 272 g/mol. The van der Waals surface area contributed by atoms with E-state index in [1.54, 1.807) is 12.1 Å². The van der Waals surface area contributed by atoms with Crippen LogP contribution in [0, 0.1) is 11.6 Å². The maximum Gasteiger partial charge on any atom is 0.170 e. The van der Waals surface area contributed by atoms with Crippen LogP contribution in [0.4, 0.5) is 8.78 Å². The zero-order valence-electron chi connectivity index (χ0n) is 8.63. The molecule has 0 aliphatic heterocycles. The number of alkyl halides is 2. The van der Waals surface area contributed by atoms with E-state index < -0.39 is 16.0 Å². The Labute approximate surface area is 108 Å². The summed E-state index contributed by atoms with van der Waals surface area (Å²) in [6.07, 6.45) is 0. The molecular formula is C13H8Cl2F2. The van der Waals surface area contributed by atoms with Crippen molar-refractivity contribution in [2.75, 3.05) is 0 Å². The Morgan fingerprint density at radius 3 is 2.00 bits per heavy atom. The van der Waals surface area contributed by atoms with Gasteiger partial charge in [0.25, 0.3) is 0 Å². The van der Waals surface area contributed by atoms with E-state index >= 15 is 0 Å². The standard InChI is InChI=1S/C13H8Cl2F2/c14-13(15,9-5-7-10(16)8-6-9)11-3-1-2-4-12(11)17/h1-8H. The fourth-order valence-corrected chi connectivity index (χ4v) is 2.09. The summed E-state index contributed by atoms with van der Waals surface area (Å²) < 4.78 is 24.9. The van der Waals surface area contributed by atoms with Crippen LogP contribution in [0.3, 0.4) is 0 Å². The molecule has 0 amide bonds. The molecule has 0 N–H and O–H groups in total. The lowest BCUT2D eigenvalue weighted by molar-refractivity contribution is 0.607. The minimum absolute atomic E-state index is 0.148. The first-order valence-corrected chi connectivity index (χ1v) is 5.66. The average molecular weight is 273 g/mol. The van der Waals surface area contributed by atoms with Crippen LogP contribution in [-0.4, -0.2) is 0 Å². The first-order valence-electron chi connectivity index (χ1n) is 4.90. The van der Waals surface area contributed by atoms with Crippen LogP contribution >= 0.6 is 23.2 Å². The summed E-state index contributed by atoms with van der Waals surface area (Å²) in [6, 6.07) is 11.3. The molecule has 2 rings (SSSR count). The number of halogens is 4. The highest BCUT2D eigenvalue weighted by Crippen LogP contribution is 2.41. The minimum Gasteiger partial charge on any atom is -0.207 e. The Morgan fingerprint density at radius 2 is 1.41 bits per heavy atom. The van der Waals surface area contributed by atoms with Gasteiger partial charge in [-0.15, -0.1) is 0 Å². The molecular weight excluding hydrogens is 265 g/mol. The third-order valence-electron chi connectivity index (χ3n) is 2.42. The number of rotatable bonds is 2. The van der Waals surface area contributed by atoms with Crippen LogP contribution in [0.1, 0.15) is 11.1 Å². The highest BCUT2D eigenvalue weighted by atomic mass is 35.5. The highest BCUT2D eigenvalue weighted by Gasteiger charge is 2.31. The van der Waals surface area contributed by atoms with Gasteiger partial charge in [-0.3, -0.25) is 0 Å². The molecule has 0 heterocycles. The molecule has 0 radical (unpaired) electrons. The number of benzene rings is 2. The molecule has 0 bridgehead atoms. The van der Waals surface area contributed by atoms with Crippen molar-refractivity contribution in [3.63, 3.8) is 0 Å². The first kappa shape index (κ1) is 12.3. The van der Waals surface area contributed by atoms with Crippen LogP contribution in [0.15, 0.2) is 48.5 Å². The van der Waals surface area contributed by atoms with Crippen LogP contribution in [0.5, 0.6) is 0 Å². The lowest BCUT2D eigenvalue weighted by Gasteiger charge is -2.21. The molecule has 0 aliphatic carbocycles. The SMILES string of the molecule is Fc1ccc(C(Cl)(Cl)c2ccccc2F)cc1. The van der Waals surface area contributed by atoms with Gasteiger partial charge in [-0.05, 0) is 23.8 Å². The van der Waals surface area contributed by atoms with Gasteiger partial charge in [-0.25, -0.2) is 8.78 Å². The molecule has 2 aromatic carbocycles. The maximum atomic E-state index is 13.6. The maximum absolute atomic E-state index is 13.6. The second-order valence-corrected chi connectivity index (χ2v) is 4.89. The van der Waals surface area contributed by atoms with Gasteiger partial charge in [0.2, 0.25) is 0 Å². The molecule has 0 aromatic heterocycles. The van der Waals surface area contributed by atoms with Gasteiger partial charge in [-0.1, -0.05) is 53.5 Å². The molecule has 0 spiro atoms. The zero-order valence-corrected chi connectivity index (χ0v) is 10.1. The summed E-state index contributed by atoms with van der Waals surface area (Å²) in [6.45, 7) is 0. The molecule has 17 heavy (non-hydrogen) atoms. The lowest BCUT2D eigenvalue weighted by atomic mass is 10.0. The van der Waals surface area contributed by atoms with Crippen molar-refractivity contribution in [3.8, 4) is 0 Å². The molecule has 0 saturated carbocycles. The van der Waals surface area contributed by atoms with E-state index in [9.17, 15) is 8.78 Å². The van der Waals surface area contributed by atoms with Crippen molar-refractivity contribution >= 4 is 23.2 Å². The normalized spacial score (nSPS) is 11.5. The summed E-state index contributed by atoms with van der Waals surface area (Å²) in [4.78, 5) is 0. The first-order chi connectivity index (χ1) is 8.01. The Bertz CT molecular complexity index is 521. The summed E-state index contributed by atoms with van der Waals surface area (Å²) in [5.41, 5.74) is 0.572. The van der Waals surface area contributed by atoms with E-state index in [0.717, 1.165) is 0 Å². The second-order valence-electron chi connectivity index (χ2n) is 3.56. The molecule has 4 heteroatoms. The summed E-state index contributed by atoms with van der Waals surface area (Å²) in [5.74, 6) is -0.895. The molecule has 0 fully saturated rings.